The SMILES string of the molecule is COc1ccnc(Cn2cc(Br)c(N)n2)c1OC. The second kappa shape index (κ2) is 5.26. The lowest BCUT2D eigenvalue weighted by atomic mass is 10.3. The largest absolute Gasteiger partial charge is 0.493 e. The molecule has 0 atom stereocenters. The van der Waals surface area contributed by atoms with E-state index in [4.69, 9.17) is 15.2 Å². The minimum Gasteiger partial charge on any atom is -0.493 e. The van der Waals surface area contributed by atoms with E-state index in [1.54, 1.807) is 37.4 Å². The molecule has 0 bridgehead atoms. The van der Waals surface area contributed by atoms with Gasteiger partial charge in [0.1, 0.15) is 5.69 Å². The van der Waals surface area contributed by atoms with Gasteiger partial charge in [-0.1, -0.05) is 0 Å². The van der Waals surface area contributed by atoms with E-state index < -0.39 is 0 Å². The minimum absolute atomic E-state index is 0.442. The second-order valence-electron chi connectivity index (χ2n) is 3.55. The molecule has 2 heterocycles. The van der Waals surface area contributed by atoms with Gasteiger partial charge in [0.25, 0.3) is 0 Å². The smallest absolute Gasteiger partial charge is 0.184 e. The number of rotatable bonds is 4. The molecule has 0 aliphatic rings. The first kappa shape index (κ1) is 12.7. The highest BCUT2D eigenvalue weighted by atomic mass is 79.9. The second-order valence-corrected chi connectivity index (χ2v) is 4.41. The zero-order valence-corrected chi connectivity index (χ0v) is 11.6. The van der Waals surface area contributed by atoms with Crippen LogP contribution < -0.4 is 15.2 Å². The van der Waals surface area contributed by atoms with E-state index >= 15 is 0 Å². The summed E-state index contributed by atoms with van der Waals surface area (Å²) < 4.78 is 13.0. The molecule has 0 fully saturated rings. The number of hydrogen-bond acceptors (Lipinski definition) is 5. The topological polar surface area (TPSA) is 75.2 Å². The van der Waals surface area contributed by atoms with Gasteiger partial charge in [-0.05, 0) is 15.9 Å². The number of anilines is 1. The van der Waals surface area contributed by atoms with Gasteiger partial charge in [0.05, 0.1) is 25.2 Å². The highest BCUT2D eigenvalue weighted by Gasteiger charge is 2.12. The lowest BCUT2D eigenvalue weighted by Crippen LogP contribution is -2.06. The molecule has 18 heavy (non-hydrogen) atoms. The van der Waals surface area contributed by atoms with Gasteiger partial charge in [-0.3, -0.25) is 9.67 Å². The quantitative estimate of drug-likeness (QED) is 0.929. The van der Waals surface area contributed by atoms with Gasteiger partial charge >= 0.3 is 0 Å². The Labute approximate surface area is 113 Å². The van der Waals surface area contributed by atoms with E-state index in [9.17, 15) is 0 Å². The van der Waals surface area contributed by atoms with Crippen LogP contribution in [0.3, 0.4) is 0 Å². The van der Waals surface area contributed by atoms with E-state index in [1.165, 1.54) is 0 Å². The molecule has 0 spiro atoms. The minimum atomic E-state index is 0.442. The van der Waals surface area contributed by atoms with E-state index in [0.717, 1.165) is 10.2 Å². The van der Waals surface area contributed by atoms with Crippen molar-refractivity contribution < 1.29 is 9.47 Å². The molecule has 7 heteroatoms. The van der Waals surface area contributed by atoms with Crippen LogP contribution >= 0.6 is 15.9 Å². The molecule has 0 saturated carbocycles. The van der Waals surface area contributed by atoms with Gasteiger partial charge in [-0.15, -0.1) is 0 Å². The number of methoxy groups -OCH3 is 2. The van der Waals surface area contributed by atoms with Crippen molar-refractivity contribution >= 4 is 21.7 Å². The predicted molar refractivity (Wildman–Crippen MR) is 70.8 cm³/mol. The van der Waals surface area contributed by atoms with Crippen LogP contribution in [-0.4, -0.2) is 29.0 Å². The van der Waals surface area contributed by atoms with Crippen LogP contribution in [0.2, 0.25) is 0 Å². The first-order valence-corrected chi connectivity index (χ1v) is 5.99. The fourth-order valence-electron chi connectivity index (χ4n) is 1.61. The Morgan fingerprint density at radius 1 is 1.39 bits per heavy atom. The molecule has 0 unspecified atom stereocenters. The summed E-state index contributed by atoms with van der Waals surface area (Å²) in [5.41, 5.74) is 6.39. The first-order chi connectivity index (χ1) is 8.65. The molecule has 96 valence electrons. The first-order valence-electron chi connectivity index (χ1n) is 5.20. The number of hydrogen-bond donors (Lipinski definition) is 1. The third kappa shape index (κ3) is 2.40. The van der Waals surface area contributed by atoms with Crippen LogP contribution in [0.5, 0.6) is 11.5 Å². The van der Waals surface area contributed by atoms with Crippen molar-refractivity contribution in [2.75, 3.05) is 20.0 Å². The molecule has 0 radical (unpaired) electrons. The highest BCUT2D eigenvalue weighted by Crippen LogP contribution is 2.29. The molecular weight excluding hydrogens is 300 g/mol. The summed E-state index contributed by atoms with van der Waals surface area (Å²) in [6.45, 7) is 0.455. The third-order valence-electron chi connectivity index (χ3n) is 2.42. The van der Waals surface area contributed by atoms with Crippen molar-refractivity contribution in [2.24, 2.45) is 0 Å². The maximum atomic E-state index is 5.67. The maximum absolute atomic E-state index is 5.67. The summed E-state index contributed by atoms with van der Waals surface area (Å²) in [6.07, 6.45) is 3.45. The number of halogens is 1. The third-order valence-corrected chi connectivity index (χ3v) is 3.03. The summed E-state index contributed by atoms with van der Waals surface area (Å²) >= 11 is 3.31. The summed E-state index contributed by atoms with van der Waals surface area (Å²) in [7, 11) is 3.17. The van der Waals surface area contributed by atoms with Crippen molar-refractivity contribution in [3.8, 4) is 11.5 Å². The van der Waals surface area contributed by atoms with Crippen molar-refractivity contribution in [2.45, 2.75) is 6.54 Å². The number of ether oxygens (including phenoxy) is 2. The molecule has 0 amide bonds. The van der Waals surface area contributed by atoms with Crippen molar-refractivity contribution in [3.63, 3.8) is 0 Å². The Bertz CT molecular complexity index is 536. The van der Waals surface area contributed by atoms with Crippen LogP contribution in [0.4, 0.5) is 5.82 Å². The van der Waals surface area contributed by atoms with Crippen molar-refractivity contribution in [1.29, 1.82) is 0 Å². The zero-order chi connectivity index (χ0) is 13.1. The van der Waals surface area contributed by atoms with Gasteiger partial charge in [-0.2, -0.15) is 5.10 Å². The molecule has 0 aliphatic heterocycles. The van der Waals surface area contributed by atoms with Crippen LogP contribution in [0.25, 0.3) is 0 Å². The Balaban J connectivity index is 2.33. The number of nitrogen functional groups attached to an aromatic ring is 1. The molecule has 2 N–H and O–H groups in total. The molecule has 0 aliphatic carbocycles. The molecule has 2 aromatic heterocycles. The Hall–Kier alpha value is -1.76. The Morgan fingerprint density at radius 2 is 2.17 bits per heavy atom. The molecule has 0 aromatic carbocycles. The Morgan fingerprint density at radius 3 is 2.72 bits per heavy atom. The summed E-state index contributed by atoms with van der Waals surface area (Å²) in [6, 6.07) is 1.75. The summed E-state index contributed by atoms with van der Waals surface area (Å²) in [5.74, 6) is 1.68. The van der Waals surface area contributed by atoms with Crippen LogP contribution in [0.15, 0.2) is 22.9 Å². The van der Waals surface area contributed by atoms with E-state index in [2.05, 4.69) is 26.0 Å². The van der Waals surface area contributed by atoms with Gasteiger partial charge in [0.2, 0.25) is 0 Å². The van der Waals surface area contributed by atoms with Crippen molar-refractivity contribution in [1.82, 2.24) is 14.8 Å². The van der Waals surface area contributed by atoms with Gasteiger partial charge in [-0.25, -0.2) is 0 Å². The lowest BCUT2D eigenvalue weighted by Gasteiger charge is -2.11. The molecule has 2 aromatic rings. The average Bonchev–Trinajstić information content (AvgIpc) is 2.68. The molecule has 0 saturated heterocycles. The van der Waals surface area contributed by atoms with Crippen LogP contribution in [0.1, 0.15) is 5.69 Å². The normalized spacial score (nSPS) is 10.4. The average molecular weight is 313 g/mol. The van der Waals surface area contributed by atoms with Gasteiger partial charge < -0.3 is 15.2 Å². The van der Waals surface area contributed by atoms with Gasteiger partial charge in [0, 0.05) is 18.5 Å². The van der Waals surface area contributed by atoms with Crippen LogP contribution in [-0.2, 0) is 6.54 Å². The molecule has 6 nitrogen and oxygen atoms in total. The van der Waals surface area contributed by atoms with E-state index in [1.807, 2.05) is 0 Å². The summed E-state index contributed by atoms with van der Waals surface area (Å²) in [4.78, 5) is 4.27. The monoisotopic (exact) mass is 312 g/mol. The highest BCUT2D eigenvalue weighted by molar-refractivity contribution is 9.10. The standard InChI is InChI=1S/C11H13BrN4O2/c1-17-9-3-4-14-8(10(9)18-2)6-16-5-7(12)11(13)15-16/h3-5H,6H2,1-2H3,(H2,13,15). The molecule has 2 rings (SSSR count). The number of nitrogens with two attached hydrogens (primary N) is 1. The summed E-state index contributed by atoms with van der Waals surface area (Å²) in [5, 5.41) is 4.15. The van der Waals surface area contributed by atoms with Crippen LogP contribution in [0, 0.1) is 0 Å². The van der Waals surface area contributed by atoms with Crippen molar-refractivity contribution in [3.05, 3.63) is 28.6 Å². The van der Waals surface area contributed by atoms with E-state index in [-0.39, 0.29) is 0 Å². The predicted octanol–water partition coefficient (Wildman–Crippen LogP) is 1.69. The molecular formula is C11H13BrN4O2. The number of nitrogens with zero attached hydrogens (tertiary/aromatic N) is 3. The number of pyridine rings is 1. The number of aromatic nitrogens is 3. The zero-order valence-electron chi connectivity index (χ0n) is 10.1. The maximum Gasteiger partial charge on any atom is 0.184 e. The fraction of sp³-hybridized carbons (Fsp3) is 0.273. The van der Waals surface area contributed by atoms with E-state index in [0.29, 0.717) is 23.9 Å². The fourth-order valence-corrected chi connectivity index (χ4v) is 1.93. The lowest BCUT2D eigenvalue weighted by molar-refractivity contribution is 0.348. The van der Waals surface area contributed by atoms with Gasteiger partial charge in [0.15, 0.2) is 17.3 Å². The Kier molecular flexibility index (Phi) is 3.71.